The number of halogens is 3. The topological polar surface area (TPSA) is 90.3 Å². The molecule has 0 radical (unpaired) electrons. The number of carbonyl (C=O) groups is 3. The van der Waals surface area contributed by atoms with E-state index in [2.05, 4.69) is 5.32 Å². The summed E-state index contributed by atoms with van der Waals surface area (Å²) >= 11 is 0. The molecule has 1 heterocycles. The molecule has 0 bridgehead atoms. The molecule has 0 fully saturated rings. The molecule has 4 rings (SSSR count). The number of Topliss-reactive ketones (excluding diaryl/α,β-unsaturated/α-hetero) is 1. The van der Waals surface area contributed by atoms with Crippen LogP contribution in [0.4, 0.5) is 24.5 Å². The summed E-state index contributed by atoms with van der Waals surface area (Å²) in [6, 6.07) is 17.8. The van der Waals surface area contributed by atoms with Crippen LogP contribution in [-0.4, -0.2) is 17.6 Å². The number of benzene rings is 3. The molecule has 3 aromatic carbocycles. The zero-order valence-electron chi connectivity index (χ0n) is 22.3. The Hall–Kier alpha value is -4.71. The molecule has 6 nitrogen and oxygen atoms in total. The summed E-state index contributed by atoms with van der Waals surface area (Å²) in [7, 11) is 0. The second kappa shape index (κ2) is 10.8. The Morgan fingerprint density at radius 2 is 1.57 bits per heavy atom. The Bertz CT molecular complexity index is 1560. The number of amides is 2. The lowest BCUT2D eigenvalue weighted by Gasteiger charge is -2.39. The normalized spacial score (nSPS) is 17.4. The highest BCUT2D eigenvalue weighted by atomic mass is 19.4. The van der Waals surface area contributed by atoms with Crippen LogP contribution in [0.3, 0.4) is 0 Å². The third kappa shape index (κ3) is 5.52. The fourth-order valence-corrected chi connectivity index (χ4v) is 5.23. The maximum Gasteiger partial charge on any atom is 0.416 e. The van der Waals surface area contributed by atoms with Crippen molar-refractivity contribution in [1.29, 1.82) is 5.26 Å². The third-order valence-corrected chi connectivity index (χ3v) is 6.84. The van der Waals surface area contributed by atoms with Gasteiger partial charge in [-0.1, -0.05) is 24.3 Å². The van der Waals surface area contributed by atoms with Crippen LogP contribution in [0.25, 0.3) is 0 Å². The van der Waals surface area contributed by atoms with Crippen LogP contribution in [-0.2, 0) is 20.6 Å². The predicted molar refractivity (Wildman–Crippen MR) is 144 cm³/mol. The van der Waals surface area contributed by atoms with E-state index in [1.54, 1.807) is 24.3 Å². The predicted octanol–water partition coefficient (Wildman–Crippen LogP) is 6.44. The van der Waals surface area contributed by atoms with E-state index in [1.807, 2.05) is 26.0 Å². The highest BCUT2D eigenvalue weighted by molar-refractivity contribution is 6.17. The lowest BCUT2D eigenvalue weighted by molar-refractivity contribution is -0.138. The monoisotopic (exact) mass is 545 g/mol. The molecule has 40 heavy (non-hydrogen) atoms. The van der Waals surface area contributed by atoms with Crippen molar-refractivity contribution in [3.8, 4) is 6.07 Å². The standard InChI is InChI=1S/C31H26F3N3O3/c1-17-12-18(2)14-24(13-17)36-29(39)28-27(22-10-8-21(16-35)9-11-22)26(20(4)38)19(3)37(30(28)40)25-7-5-6-23(15-25)31(32,33)34/h5-15,27-28H,1-4H3,(H,36,39). The summed E-state index contributed by atoms with van der Waals surface area (Å²) in [6.07, 6.45) is -4.67. The molecule has 9 heteroatoms. The van der Waals surface area contributed by atoms with E-state index in [4.69, 9.17) is 0 Å². The zero-order chi connectivity index (χ0) is 29.4. The number of ketones is 1. The highest BCUT2D eigenvalue weighted by Gasteiger charge is 2.47. The van der Waals surface area contributed by atoms with Gasteiger partial charge in [0.15, 0.2) is 5.78 Å². The van der Waals surface area contributed by atoms with E-state index in [9.17, 15) is 32.8 Å². The summed E-state index contributed by atoms with van der Waals surface area (Å²) in [4.78, 5) is 42.1. The van der Waals surface area contributed by atoms with Crippen molar-refractivity contribution in [3.05, 3.63) is 106 Å². The van der Waals surface area contributed by atoms with E-state index < -0.39 is 41.2 Å². The van der Waals surface area contributed by atoms with Gasteiger partial charge in [0.1, 0.15) is 5.92 Å². The summed E-state index contributed by atoms with van der Waals surface area (Å²) in [5.74, 6) is -4.47. The van der Waals surface area contributed by atoms with Crippen LogP contribution in [0, 0.1) is 31.1 Å². The molecule has 0 aromatic heterocycles. The van der Waals surface area contributed by atoms with Gasteiger partial charge >= 0.3 is 6.18 Å². The molecule has 1 aliphatic heterocycles. The van der Waals surface area contributed by atoms with Crippen molar-refractivity contribution in [2.75, 3.05) is 10.2 Å². The minimum absolute atomic E-state index is 0.112. The molecule has 1 aliphatic rings. The van der Waals surface area contributed by atoms with Crippen molar-refractivity contribution in [1.82, 2.24) is 0 Å². The maximum absolute atomic E-state index is 14.1. The molecule has 204 valence electrons. The second-order valence-corrected chi connectivity index (χ2v) is 9.83. The number of nitrogens with one attached hydrogen (secondary N) is 1. The average molecular weight is 546 g/mol. The second-order valence-electron chi connectivity index (χ2n) is 9.83. The van der Waals surface area contributed by atoms with Gasteiger partial charge in [-0.05, 0) is 86.8 Å². The molecule has 2 atom stereocenters. The Balaban J connectivity index is 1.92. The number of hydrogen-bond acceptors (Lipinski definition) is 4. The summed E-state index contributed by atoms with van der Waals surface area (Å²) in [5, 5.41) is 12.0. The highest BCUT2D eigenvalue weighted by Crippen LogP contribution is 2.44. The first-order valence-corrected chi connectivity index (χ1v) is 12.4. The van der Waals surface area contributed by atoms with E-state index in [-0.39, 0.29) is 17.0 Å². The van der Waals surface area contributed by atoms with Crippen LogP contribution in [0.15, 0.2) is 78.0 Å². The maximum atomic E-state index is 14.1. The van der Waals surface area contributed by atoms with E-state index in [1.165, 1.54) is 38.1 Å². The molecule has 2 amide bonds. The van der Waals surface area contributed by atoms with Crippen molar-refractivity contribution in [3.63, 3.8) is 0 Å². The number of allylic oxidation sites excluding steroid dienone is 2. The summed E-state index contributed by atoms with van der Waals surface area (Å²) in [6.45, 7) is 6.46. The van der Waals surface area contributed by atoms with Crippen molar-refractivity contribution in [2.24, 2.45) is 5.92 Å². The van der Waals surface area contributed by atoms with Crippen molar-refractivity contribution < 1.29 is 27.6 Å². The Morgan fingerprint density at radius 1 is 0.950 bits per heavy atom. The molecule has 3 aromatic rings. The van der Waals surface area contributed by atoms with Gasteiger partial charge in [-0.25, -0.2) is 0 Å². The average Bonchev–Trinajstić information content (AvgIpc) is 2.87. The van der Waals surface area contributed by atoms with Gasteiger partial charge in [0.05, 0.1) is 17.2 Å². The van der Waals surface area contributed by atoms with E-state index >= 15 is 0 Å². The summed E-state index contributed by atoms with van der Waals surface area (Å²) < 4.78 is 40.6. The first-order valence-electron chi connectivity index (χ1n) is 12.4. The fraction of sp³-hybridized carbons (Fsp3) is 0.226. The number of alkyl halides is 3. The Morgan fingerprint density at radius 3 is 2.12 bits per heavy atom. The van der Waals surface area contributed by atoms with E-state index in [0.29, 0.717) is 16.8 Å². The number of nitriles is 1. The molecule has 0 saturated carbocycles. The number of rotatable bonds is 5. The number of aryl methyl sites for hydroxylation is 2. The van der Waals surface area contributed by atoms with Gasteiger partial charge in [-0.2, -0.15) is 18.4 Å². The minimum Gasteiger partial charge on any atom is -0.325 e. The van der Waals surface area contributed by atoms with Gasteiger partial charge in [0.2, 0.25) is 11.8 Å². The van der Waals surface area contributed by atoms with Crippen LogP contribution in [0.1, 0.15) is 47.6 Å². The molecular weight excluding hydrogens is 519 g/mol. The third-order valence-electron chi connectivity index (χ3n) is 6.84. The quantitative estimate of drug-likeness (QED) is 0.374. The van der Waals surface area contributed by atoms with E-state index in [0.717, 1.165) is 28.2 Å². The Labute approximate surface area is 229 Å². The SMILES string of the molecule is CC(=O)C1=C(C)N(c2cccc(C(F)(F)F)c2)C(=O)C(C(=O)Nc2cc(C)cc(C)c2)C1c1ccc(C#N)cc1. The molecular formula is C31H26F3N3O3. The fourth-order valence-electron chi connectivity index (χ4n) is 5.23. The first kappa shape index (κ1) is 28.3. The van der Waals surface area contributed by atoms with Crippen LogP contribution in [0.5, 0.6) is 0 Å². The van der Waals surface area contributed by atoms with Gasteiger partial charge in [0, 0.05) is 28.6 Å². The van der Waals surface area contributed by atoms with Crippen LogP contribution < -0.4 is 10.2 Å². The van der Waals surface area contributed by atoms with Crippen molar-refractivity contribution >= 4 is 29.0 Å². The number of nitrogens with zero attached hydrogens (tertiary/aromatic N) is 2. The van der Waals surface area contributed by atoms with Crippen LogP contribution in [0.2, 0.25) is 0 Å². The largest absolute Gasteiger partial charge is 0.416 e. The molecule has 0 spiro atoms. The number of carbonyl (C=O) groups excluding carboxylic acids is 3. The van der Waals surface area contributed by atoms with Gasteiger partial charge in [-0.3, -0.25) is 19.3 Å². The number of hydrogen-bond donors (Lipinski definition) is 1. The zero-order valence-corrected chi connectivity index (χ0v) is 22.3. The summed E-state index contributed by atoms with van der Waals surface area (Å²) in [5.41, 5.74) is 2.14. The van der Waals surface area contributed by atoms with Crippen LogP contribution >= 0.6 is 0 Å². The molecule has 0 aliphatic carbocycles. The number of anilines is 2. The molecule has 0 saturated heterocycles. The minimum atomic E-state index is -4.67. The van der Waals surface area contributed by atoms with Gasteiger partial charge in [0.25, 0.3) is 0 Å². The van der Waals surface area contributed by atoms with Gasteiger partial charge in [-0.15, -0.1) is 0 Å². The Kier molecular flexibility index (Phi) is 7.65. The lowest BCUT2D eigenvalue weighted by atomic mass is 9.74. The van der Waals surface area contributed by atoms with Gasteiger partial charge < -0.3 is 5.32 Å². The molecule has 2 unspecified atom stereocenters. The molecule has 1 N–H and O–H groups in total. The smallest absolute Gasteiger partial charge is 0.325 e. The van der Waals surface area contributed by atoms with Crippen molar-refractivity contribution in [2.45, 2.75) is 39.8 Å². The lowest BCUT2D eigenvalue weighted by Crippen LogP contribution is -2.49. The first-order chi connectivity index (χ1) is 18.8.